The van der Waals surface area contributed by atoms with Crippen LogP contribution in [0.25, 0.3) is 21.5 Å². The Balaban J connectivity index is 2.18. The minimum Gasteiger partial charge on any atom is -0.507 e. The van der Waals surface area contributed by atoms with Gasteiger partial charge in [0.2, 0.25) is 0 Å². The van der Waals surface area contributed by atoms with E-state index in [0.717, 1.165) is 22.6 Å². The molecule has 112 valence electrons. The van der Waals surface area contributed by atoms with Crippen molar-refractivity contribution in [3.63, 3.8) is 0 Å². The molecule has 0 saturated carbocycles. The molecule has 0 heterocycles. The minimum atomic E-state index is 0.134. The summed E-state index contributed by atoms with van der Waals surface area (Å²) in [7, 11) is 0. The van der Waals surface area contributed by atoms with Gasteiger partial charge in [0, 0.05) is 0 Å². The van der Waals surface area contributed by atoms with Crippen molar-refractivity contribution >= 4 is 21.5 Å². The second-order valence-electron chi connectivity index (χ2n) is 7.02. The topological polar surface area (TPSA) is 40.5 Å². The van der Waals surface area contributed by atoms with Gasteiger partial charge in [-0.25, -0.2) is 0 Å². The van der Waals surface area contributed by atoms with Crippen LogP contribution < -0.4 is 0 Å². The number of hydrogen-bond donors (Lipinski definition) is 2. The van der Waals surface area contributed by atoms with Gasteiger partial charge in [-0.1, -0.05) is 38.1 Å². The molecule has 3 aromatic carbocycles. The van der Waals surface area contributed by atoms with E-state index in [1.807, 2.05) is 18.2 Å². The molecule has 0 bridgehead atoms. The summed E-state index contributed by atoms with van der Waals surface area (Å²) in [5, 5.41) is 24.2. The fourth-order valence-corrected chi connectivity index (χ4v) is 4.05. The number of aromatic hydroxyl groups is 2. The summed E-state index contributed by atoms with van der Waals surface area (Å²) in [6, 6.07) is 11.6. The Morgan fingerprint density at radius 1 is 0.909 bits per heavy atom. The van der Waals surface area contributed by atoms with E-state index < -0.39 is 0 Å². The van der Waals surface area contributed by atoms with Crippen molar-refractivity contribution in [1.29, 1.82) is 0 Å². The van der Waals surface area contributed by atoms with Crippen molar-refractivity contribution < 1.29 is 10.2 Å². The Morgan fingerprint density at radius 2 is 1.73 bits per heavy atom. The SMILES string of the molecule is CC1(C)CCCc2c1ccc1c2cc(O)c2c(O)cccc21. The van der Waals surface area contributed by atoms with E-state index in [0.29, 0.717) is 5.39 Å². The maximum absolute atomic E-state index is 10.4. The Hall–Kier alpha value is -2.22. The maximum Gasteiger partial charge on any atom is 0.127 e. The standard InChI is InChI=1S/C20H20O2/c1-20(2)10-4-6-13-15-11-18(22)19-14(5-3-7-17(19)21)12(15)8-9-16(13)20/h3,5,7-9,11,21-22H,4,6,10H2,1-2H3. The van der Waals surface area contributed by atoms with Crippen molar-refractivity contribution in [1.82, 2.24) is 0 Å². The van der Waals surface area contributed by atoms with E-state index in [4.69, 9.17) is 0 Å². The number of hydrogen-bond acceptors (Lipinski definition) is 2. The van der Waals surface area contributed by atoms with Crippen LogP contribution >= 0.6 is 0 Å². The van der Waals surface area contributed by atoms with E-state index in [1.165, 1.54) is 24.0 Å². The van der Waals surface area contributed by atoms with E-state index in [1.54, 1.807) is 6.07 Å². The largest absolute Gasteiger partial charge is 0.507 e. The summed E-state index contributed by atoms with van der Waals surface area (Å²) in [6.07, 6.45) is 3.43. The maximum atomic E-state index is 10.4. The monoisotopic (exact) mass is 292 g/mol. The van der Waals surface area contributed by atoms with Crippen LogP contribution in [-0.2, 0) is 11.8 Å². The van der Waals surface area contributed by atoms with Crippen LogP contribution in [0.5, 0.6) is 11.5 Å². The highest BCUT2D eigenvalue weighted by Gasteiger charge is 2.28. The number of rotatable bonds is 0. The van der Waals surface area contributed by atoms with Gasteiger partial charge in [0.1, 0.15) is 11.5 Å². The van der Waals surface area contributed by atoms with Gasteiger partial charge in [0.15, 0.2) is 0 Å². The molecular formula is C20H20O2. The summed E-state index contributed by atoms with van der Waals surface area (Å²) in [5.74, 6) is 0.298. The predicted molar refractivity (Wildman–Crippen MR) is 90.7 cm³/mol. The molecule has 1 aliphatic carbocycles. The van der Waals surface area contributed by atoms with Crippen LogP contribution in [0.3, 0.4) is 0 Å². The molecule has 3 aromatic rings. The fourth-order valence-electron chi connectivity index (χ4n) is 4.05. The zero-order valence-corrected chi connectivity index (χ0v) is 13.0. The van der Waals surface area contributed by atoms with Crippen LogP contribution in [0.1, 0.15) is 37.8 Å². The third-order valence-corrected chi connectivity index (χ3v) is 5.18. The van der Waals surface area contributed by atoms with Crippen LogP contribution in [0.15, 0.2) is 36.4 Å². The van der Waals surface area contributed by atoms with Crippen molar-refractivity contribution in [3.05, 3.63) is 47.5 Å². The smallest absolute Gasteiger partial charge is 0.127 e. The first-order valence-corrected chi connectivity index (χ1v) is 7.89. The quantitative estimate of drug-likeness (QED) is 0.571. The molecule has 0 aromatic heterocycles. The lowest BCUT2D eigenvalue weighted by atomic mass is 9.71. The highest BCUT2D eigenvalue weighted by atomic mass is 16.3. The number of phenols is 2. The van der Waals surface area contributed by atoms with Crippen molar-refractivity contribution in [2.75, 3.05) is 0 Å². The van der Waals surface area contributed by atoms with Gasteiger partial charge in [-0.05, 0) is 64.1 Å². The Morgan fingerprint density at radius 3 is 2.55 bits per heavy atom. The number of phenolic OH excluding ortho intramolecular Hbond substituents is 2. The third-order valence-electron chi connectivity index (χ3n) is 5.18. The van der Waals surface area contributed by atoms with Gasteiger partial charge < -0.3 is 10.2 Å². The van der Waals surface area contributed by atoms with E-state index in [-0.39, 0.29) is 16.9 Å². The summed E-state index contributed by atoms with van der Waals surface area (Å²) in [5.41, 5.74) is 2.94. The highest BCUT2D eigenvalue weighted by molar-refractivity contribution is 6.13. The summed E-state index contributed by atoms with van der Waals surface area (Å²) < 4.78 is 0. The Labute approximate surface area is 130 Å². The first-order valence-electron chi connectivity index (χ1n) is 7.89. The van der Waals surface area contributed by atoms with E-state index >= 15 is 0 Å². The third kappa shape index (κ3) is 1.73. The van der Waals surface area contributed by atoms with Crippen molar-refractivity contribution in [3.8, 4) is 11.5 Å². The van der Waals surface area contributed by atoms with Crippen LogP contribution in [0.2, 0.25) is 0 Å². The normalized spacial score (nSPS) is 16.8. The fraction of sp³-hybridized carbons (Fsp3) is 0.300. The zero-order chi connectivity index (χ0) is 15.5. The van der Waals surface area contributed by atoms with Gasteiger partial charge in [-0.15, -0.1) is 0 Å². The molecule has 2 N–H and O–H groups in total. The van der Waals surface area contributed by atoms with Crippen LogP contribution in [0.4, 0.5) is 0 Å². The molecule has 2 heteroatoms. The molecule has 0 saturated heterocycles. The molecule has 0 aliphatic heterocycles. The molecular weight excluding hydrogens is 272 g/mol. The van der Waals surface area contributed by atoms with Crippen molar-refractivity contribution in [2.24, 2.45) is 0 Å². The lowest BCUT2D eigenvalue weighted by Gasteiger charge is -2.33. The molecule has 22 heavy (non-hydrogen) atoms. The lowest BCUT2D eigenvalue weighted by molar-refractivity contribution is 0.433. The van der Waals surface area contributed by atoms with Gasteiger partial charge in [0.05, 0.1) is 5.39 Å². The van der Waals surface area contributed by atoms with Crippen LogP contribution in [0, 0.1) is 0 Å². The Bertz CT molecular complexity index is 907. The molecule has 0 fully saturated rings. The first-order chi connectivity index (χ1) is 10.5. The predicted octanol–water partition coefficient (Wildman–Crippen LogP) is 5.02. The Kier molecular flexibility index (Phi) is 2.68. The van der Waals surface area contributed by atoms with Crippen molar-refractivity contribution in [2.45, 2.75) is 38.5 Å². The average Bonchev–Trinajstić information content (AvgIpc) is 2.47. The first kappa shape index (κ1) is 13.4. The van der Waals surface area contributed by atoms with E-state index in [2.05, 4.69) is 26.0 Å². The van der Waals surface area contributed by atoms with E-state index in [9.17, 15) is 10.2 Å². The average molecular weight is 292 g/mol. The van der Waals surface area contributed by atoms with Gasteiger partial charge in [-0.3, -0.25) is 0 Å². The number of fused-ring (bicyclic) bond motifs is 5. The molecule has 0 radical (unpaired) electrons. The lowest BCUT2D eigenvalue weighted by Crippen LogP contribution is -2.23. The molecule has 2 nitrogen and oxygen atoms in total. The molecule has 4 rings (SSSR count). The summed E-state index contributed by atoms with van der Waals surface area (Å²) in [6.45, 7) is 4.59. The molecule has 0 unspecified atom stereocenters. The zero-order valence-electron chi connectivity index (χ0n) is 13.0. The molecule has 0 amide bonds. The van der Waals surface area contributed by atoms with Crippen LogP contribution in [-0.4, -0.2) is 10.2 Å². The second kappa shape index (κ2) is 4.39. The second-order valence-corrected chi connectivity index (χ2v) is 7.02. The molecule has 0 atom stereocenters. The minimum absolute atomic E-state index is 0.134. The van der Waals surface area contributed by atoms with Gasteiger partial charge in [0.25, 0.3) is 0 Å². The molecule has 0 spiro atoms. The van der Waals surface area contributed by atoms with Gasteiger partial charge >= 0.3 is 0 Å². The highest BCUT2D eigenvalue weighted by Crippen LogP contribution is 2.44. The molecule has 1 aliphatic rings. The van der Waals surface area contributed by atoms with Gasteiger partial charge in [-0.2, -0.15) is 0 Å². The summed E-state index contributed by atoms with van der Waals surface area (Å²) in [4.78, 5) is 0. The number of aryl methyl sites for hydroxylation is 1. The number of benzene rings is 3. The summed E-state index contributed by atoms with van der Waals surface area (Å²) >= 11 is 0.